The number of alkyl halides is 3. The van der Waals surface area contributed by atoms with Crippen molar-refractivity contribution >= 4 is 23.1 Å². The average Bonchev–Trinajstić information content (AvgIpc) is 2.96. The van der Waals surface area contributed by atoms with Crippen molar-refractivity contribution in [1.82, 2.24) is 4.90 Å². The number of nitrogens with zero attached hydrogens (tertiary/aromatic N) is 1. The van der Waals surface area contributed by atoms with Crippen LogP contribution in [-0.2, 0) is 15.8 Å². The molecule has 0 aromatic heterocycles. The minimum Gasteiger partial charge on any atom is -0.494 e. The largest absolute Gasteiger partial charge is 0.494 e. The SMILES string of the molecule is CCCOc1ccc(C2=C(Nc3cccc(C(F)(F)F)c3)C(=O)N(CC(C)C)C2=O)cc1. The van der Waals surface area contributed by atoms with Gasteiger partial charge in [-0.05, 0) is 48.2 Å². The summed E-state index contributed by atoms with van der Waals surface area (Å²) in [6.07, 6.45) is -3.68. The van der Waals surface area contributed by atoms with Crippen LogP contribution in [0.25, 0.3) is 5.57 Å². The fourth-order valence-corrected chi connectivity index (χ4v) is 3.35. The standard InChI is InChI=1S/C24H25F3N2O3/c1-4-12-32-19-10-8-16(9-11-19)20-21(23(31)29(22(20)30)14-15(2)3)28-18-7-5-6-17(13-18)24(25,26)27/h5-11,13,15,28H,4,12,14H2,1-3H3. The van der Waals surface area contributed by atoms with E-state index in [1.165, 1.54) is 12.1 Å². The molecule has 1 aliphatic rings. The number of halogens is 3. The zero-order chi connectivity index (χ0) is 23.5. The monoisotopic (exact) mass is 446 g/mol. The summed E-state index contributed by atoms with van der Waals surface area (Å²) in [4.78, 5) is 27.3. The van der Waals surface area contributed by atoms with Gasteiger partial charge in [-0.1, -0.05) is 39.0 Å². The van der Waals surface area contributed by atoms with Gasteiger partial charge in [-0.15, -0.1) is 0 Å². The van der Waals surface area contributed by atoms with Crippen molar-refractivity contribution in [3.05, 3.63) is 65.4 Å². The van der Waals surface area contributed by atoms with Crippen molar-refractivity contribution in [2.75, 3.05) is 18.5 Å². The molecule has 170 valence electrons. The van der Waals surface area contributed by atoms with Gasteiger partial charge in [0.2, 0.25) is 0 Å². The van der Waals surface area contributed by atoms with E-state index >= 15 is 0 Å². The van der Waals surface area contributed by atoms with Crippen molar-refractivity contribution in [3.8, 4) is 5.75 Å². The maximum absolute atomic E-state index is 13.1. The van der Waals surface area contributed by atoms with E-state index in [9.17, 15) is 22.8 Å². The predicted octanol–water partition coefficient (Wildman–Crippen LogP) is 5.34. The summed E-state index contributed by atoms with van der Waals surface area (Å²) in [6.45, 7) is 6.48. The van der Waals surface area contributed by atoms with Gasteiger partial charge in [-0.2, -0.15) is 13.2 Å². The van der Waals surface area contributed by atoms with E-state index in [2.05, 4.69) is 5.32 Å². The number of hydrogen-bond acceptors (Lipinski definition) is 4. The maximum atomic E-state index is 13.1. The highest BCUT2D eigenvalue weighted by molar-refractivity contribution is 6.36. The van der Waals surface area contributed by atoms with Crippen molar-refractivity contribution in [2.45, 2.75) is 33.4 Å². The summed E-state index contributed by atoms with van der Waals surface area (Å²) in [5.41, 5.74) is -0.221. The molecule has 0 aliphatic carbocycles. The number of hydrogen-bond donors (Lipinski definition) is 1. The molecule has 3 rings (SSSR count). The molecule has 1 aliphatic heterocycles. The van der Waals surface area contributed by atoms with Gasteiger partial charge >= 0.3 is 6.18 Å². The Morgan fingerprint density at radius 2 is 1.72 bits per heavy atom. The number of amides is 2. The highest BCUT2D eigenvalue weighted by atomic mass is 19.4. The molecule has 1 heterocycles. The van der Waals surface area contributed by atoms with Crippen LogP contribution in [0.1, 0.15) is 38.3 Å². The minimum absolute atomic E-state index is 0.0295. The van der Waals surface area contributed by atoms with Crippen molar-refractivity contribution < 1.29 is 27.5 Å². The topological polar surface area (TPSA) is 58.6 Å². The highest BCUT2D eigenvalue weighted by Gasteiger charge is 2.39. The fourth-order valence-electron chi connectivity index (χ4n) is 3.35. The van der Waals surface area contributed by atoms with Gasteiger partial charge < -0.3 is 10.1 Å². The molecule has 0 atom stereocenters. The Labute approximate surface area is 184 Å². The molecular weight excluding hydrogens is 421 g/mol. The predicted molar refractivity (Wildman–Crippen MR) is 116 cm³/mol. The third-order valence-corrected chi connectivity index (χ3v) is 4.79. The summed E-state index contributed by atoms with van der Waals surface area (Å²) in [5, 5.41) is 2.77. The Morgan fingerprint density at radius 3 is 2.31 bits per heavy atom. The van der Waals surface area contributed by atoms with Gasteiger partial charge in [0, 0.05) is 12.2 Å². The van der Waals surface area contributed by atoms with Crippen LogP contribution in [0.3, 0.4) is 0 Å². The zero-order valence-electron chi connectivity index (χ0n) is 18.1. The Bertz CT molecular complexity index is 1030. The van der Waals surface area contributed by atoms with Crippen LogP contribution in [0, 0.1) is 5.92 Å². The van der Waals surface area contributed by atoms with E-state index in [0.717, 1.165) is 23.5 Å². The smallest absolute Gasteiger partial charge is 0.416 e. The molecular formula is C24H25F3N2O3. The number of benzene rings is 2. The van der Waals surface area contributed by atoms with Crippen LogP contribution in [0.15, 0.2) is 54.2 Å². The Balaban J connectivity index is 2.01. The van der Waals surface area contributed by atoms with E-state index in [1.807, 2.05) is 20.8 Å². The summed E-state index contributed by atoms with van der Waals surface area (Å²) in [6, 6.07) is 11.3. The Kier molecular flexibility index (Phi) is 6.91. The van der Waals surface area contributed by atoms with Gasteiger partial charge in [0.05, 0.1) is 17.7 Å². The molecule has 0 radical (unpaired) electrons. The van der Waals surface area contributed by atoms with Crippen LogP contribution in [0.2, 0.25) is 0 Å². The van der Waals surface area contributed by atoms with Crippen LogP contribution in [0.4, 0.5) is 18.9 Å². The summed E-state index contributed by atoms with van der Waals surface area (Å²) in [7, 11) is 0. The molecule has 32 heavy (non-hydrogen) atoms. The number of rotatable bonds is 8. The molecule has 8 heteroatoms. The second-order valence-electron chi connectivity index (χ2n) is 7.94. The molecule has 0 spiro atoms. The zero-order valence-corrected chi connectivity index (χ0v) is 18.1. The number of carbonyl (C=O) groups excluding carboxylic acids is 2. The molecule has 1 N–H and O–H groups in total. The van der Waals surface area contributed by atoms with Crippen LogP contribution in [0.5, 0.6) is 5.75 Å². The summed E-state index contributed by atoms with van der Waals surface area (Å²) in [5.74, 6) is -0.399. The Morgan fingerprint density at radius 1 is 1.03 bits per heavy atom. The minimum atomic E-state index is -4.53. The second kappa shape index (κ2) is 9.46. The van der Waals surface area contributed by atoms with Crippen LogP contribution < -0.4 is 10.1 Å². The number of ether oxygens (including phenoxy) is 1. The van der Waals surface area contributed by atoms with Gasteiger partial charge in [0.1, 0.15) is 11.4 Å². The van der Waals surface area contributed by atoms with Gasteiger partial charge in [-0.3, -0.25) is 14.5 Å². The molecule has 2 aromatic carbocycles. The number of nitrogens with one attached hydrogen (secondary N) is 1. The van der Waals surface area contributed by atoms with E-state index < -0.39 is 23.6 Å². The first-order chi connectivity index (χ1) is 15.1. The van der Waals surface area contributed by atoms with Crippen molar-refractivity contribution in [2.24, 2.45) is 5.92 Å². The molecule has 2 aromatic rings. The first-order valence-corrected chi connectivity index (χ1v) is 10.4. The number of anilines is 1. The summed E-state index contributed by atoms with van der Waals surface area (Å²) < 4.78 is 44.9. The van der Waals surface area contributed by atoms with Crippen molar-refractivity contribution in [1.29, 1.82) is 0 Å². The molecule has 0 unspecified atom stereocenters. The fraction of sp³-hybridized carbons (Fsp3) is 0.333. The van der Waals surface area contributed by atoms with E-state index in [1.54, 1.807) is 24.3 Å². The van der Waals surface area contributed by atoms with E-state index in [0.29, 0.717) is 17.9 Å². The molecule has 0 fully saturated rings. The Hall–Kier alpha value is -3.29. The van der Waals surface area contributed by atoms with Crippen LogP contribution >= 0.6 is 0 Å². The lowest BCUT2D eigenvalue weighted by atomic mass is 10.0. The summed E-state index contributed by atoms with van der Waals surface area (Å²) >= 11 is 0. The second-order valence-corrected chi connectivity index (χ2v) is 7.94. The highest BCUT2D eigenvalue weighted by Crippen LogP contribution is 2.34. The van der Waals surface area contributed by atoms with Gasteiger partial charge in [-0.25, -0.2) is 0 Å². The lowest BCUT2D eigenvalue weighted by Gasteiger charge is -2.17. The maximum Gasteiger partial charge on any atom is 0.416 e. The quantitative estimate of drug-likeness (QED) is 0.556. The van der Waals surface area contributed by atoms with E-state index in [-0.39, 0.29) is 29.4 Å². The van der Waals surface area contributed by atoms with E-state index in [4.69, 9.17) is 4.74 Å². The van der Waals surface area contributed by atoms with Gasteiger partial charge in [0.15, 0.2) is 0 Å². The first-order valence-electron chi connectivity index (χ1n) is 10.4. The average molecular weight is 446 g/mol. The molecule has 5 nitrogen and oxygen atoms in total. The molecule has 0 bridgehead atoms. The molecule has 0 saturated heterocycles. The lowest BCUT2D eigenvalue weighted by molar-refractivity contribution is -0.138. The number of imide groups is 1. The third-order valence-electron chi connectivity index (χ3n) is 4.79. The van der Waals surface area contributed by atoms with Crippen molar-refractivity contribution in [3.63, 3.8) is 0 Å². The molecule has 2 amide bonds. The third kappa shape index (κ3) is 5.12. The van der Waals surface area contributed by atoms with Crippen LogP contribution in [-0.4, -0.2) is 29.9 Å². The van der Waals surface area contributed by atoms with Gasteiger partial charge in [0.25, 0.3) is 11.8 Å². The lowest BCUT2D eigenvalue weighted by Crippen LogP contribution is -2.35. The first kappa shape index (κ1) is 23.4. The number of carbonyl (C=O) groups is 2. The molecule has 0 saturated carbocycles. The normalized spacial score (nSPS) is 14.5.